The van der Waals surface area contributed by atoms with E-state index in [4.69, 9.17) is 16.7 Å². The van der Waals surface area contributed by atoms with Crippen LogP contribution in [0.1, 0.15) is 39.0 Å². The lowest BCUT2D eigenvalue weighted by atomic mass is 9.92. The number of likely N-dealkylation sites (N-methyl/N-ethyl adjacent to an activating group) is 1. The van der Waals surface area contributed by atoms with Crippen LogP contribution >= 0.6 is 11.6 Å². The van der Waals surface area contributed by atoms with Gasteiger partial charge in [0.05, 0.1) is 5.92 Å². The van der Waals surface area contributed by atoms with E-state index in [1.165, 1.54) is 0 Å². The topological polar surface area (TPSA) is 123 Å². The highest BCUT2D eigenvalue weighted by Crippen LogP contribution is 2.30. The molecule has 0 unspecified atom stereocenters. The summed E-state index contributed by atoms with van der Waals surface area (Å²) in [5, 5.41) is 11.1. The Morgan fingerprint density at radius 3 is 2.66 bits per heavy atom. The first kappa shape index (κ1) is 24.2. The average Bonchev–Trinajstić information content (AvgIpc) is 3.26. The maximum absolute atomic E-state index is 15.2. The zero-order valence-corrected chi connectivity index (χ0v) is 19.2. The number of aromatic nitrogens is 2. The number of carboxylic acid groups (broad SMARTS) is 1. The van der Waals surface area contributed by atoms with Crippen LogP contribution in [0.25, 0.3) is 0 Å². The maximum atomic E-state index is 15.2. The number of amides is 2. The van der Waals surface area contributed by atoms with E-state index in [9.17, 15) is 9.59 Å². The van der Waals surface area contributed by atoms with Gasteiger partial charge in [0.25, 0.3) is 0 Å². The fraction of sp³-hybridized carbons (Fsp3) is 0.700. The third kappa shape index (κ3) is 6.32. The van der Waals surface area contributed by atoms with Gasteiger partial charge in [0, 0.05) is 32.2 Å². The maximum Gasteiger partial charge on any atom is 0.404 e. The van der Waals surface area contributed by atoms with Gasteiger partial charge in [-0.1, -0.05) is 25.7 Å². The first-order valence-electron chi connectivity index (χ1n) is 11.0. The van der Waals surface area contributed by atoms with Crippen molar-refractivity contribution in [1.82, 2.24) is 25.6 Å². The number of hydrazine groups is 1. The molecule has 1 saturated carbocycles. The number of halogens is 2. The summed E-state index contributed by atoms with van der Waals surface area (Å²) >= 11 is 6.03. The van der Waals surface area contributed by atoms with Gasteiger partial charge in [0.1, 0.15) is 0 Å². The van der Waals surface area contributed by atoms with Gasteiger partial charge in [-0.15, -0.1) is 0 Å². The third-order valence-corrected chi connectivity index (χ3v) is 6.50. The lowest BCUT2D eigenvalue weighted by molar-refractivity contribution is -0.124. The van der Waals surface area contributed by atoms with Crippen molar-refractivity contribution >= 4 is 35.2 Å². The molecule has 2 heterocycles. The van der Waals surface area contributed by atoms with Gasteiger partial charge in [0.2, 0.25) is 17.0 Å². The molecule has 3 rings (SSSR count). The van der Waals surface area contributed by atoms with E-state index in [0.717, 1.165) is 32.2 Å². The molecule has 12 heteroatoms. The molecule has 2 atom stereocenters. The summed E-state index contributed by atoms with van der Waals surface area (Å²) in [6.07, 6.45) is 3.64. The Morgan fingerprint density at radius 1 is 1.28 bits per heavy atom. The molecule has 2 fully saturated rings. The van der Waals surface area contributed by atoms with Gasteiger partial charge in [-0.2, -0.15) is 14.4 Å². The second-order valence-electron chi connectivity index (χ2n) is 8.64. The van der Waals surface area contributed by atoms with E-state index in [1.807, 2.05) is 14.0 Å². The first-order chi connectivity index (χ1) is 15.2. The summed E-state index contributed by atoms with van der Waals surface area (Å²) in [5.41, 5.74) is 5.00. The van der Waals surface area contributed by atoms with Gasteiger partial charge in [-0.3, -0.25) is 15.6 Å². The average molecular weight is 472 g/mol. The van der Waals surface area contributed by atoms with Gasteiger partial charge in [-0.25, -0.2) is 4.79 Å². The molecular weight excluding hydrogens is 441 g/mol. The van der Waals surface area contributed by atoms with Crippen LogP contribution in [0.4, 0.5) is 20.8 Å². The van der Waals surface area contributed by atoms with Crippen LogP contribution in [-0.4, -0.2) is 71.2 Å². The molecule has 1 aliphatic heterocycles. The highest BCUT2D eigenvalue weighted by Gasteiger charge is 2.28. The molecule has 178 valence electrons. The summed E-state index contributed by atoms with van der Waals surface area (Å²) in [7, 11) is 2.01. The molecule has 0 spiro atoms. The number of carbonyl (C=O) groups is 2. The summed E-state index contributed by atoms with van der Waals surface area (Å²) in [6.45, 7) is 3.94. The van der Waals surface area contributed by atoms with Gasteiger partial charge >= 0.3 is 6.09 Å². The van der Waals surface area contributed by atoms with E-state index in [1.54, 1.807) is 4.90 Å². The van der Waals surface area contributed by atoms with Crippen LogP contribution in [0.5, 0.6) is 0 Å². The van der Waals surface area contributed by atoms with Crippen molar-refractivity contribution in [2.45, 2.75) is 45.1 Å². The molecule has 2 amide bonds. The van der Waals surface area contributed by atoms with Gasteiger partial charge < -0.3 is 20.2 Å². The van der Waals surface area contributed by atoms with Gasteiger partial charge in [-0.05, 0) is 37.9 Å². The Labute approximate surface area is 191 Å². The van der Waals surface area contributed by atoms with E-state index >= 15 is 4.39 Å². The molecule has 0 aromatic carbocycles. The SMILES string of the molecule is C[C@@H]1CN(c2nc(Cl)nc(NNC(=O)[C@@H](CNC(=O)O)CC3CCCC3)c2F)CCN1C. The molecular formula is C20H31ClFN7O3. The summed E-state index contributed by atoms with van der Waals surface area (Å²) in [5.74, 6) is -1.50. The minimum atomic E-state index is -1.19. The van der Waals surface area contributed by atoms with Crippen molar-refractivity contribution in [2.75, 3.05) is 43.6 Å². The van der Waals surface area contributed by atoms with E-state index in [0.29, 0.717) is 25.4 Å². The fourth-order valence-electron chi connectivity index (χ4n) is 4.31. The number of carbonyl (C=O) groups excluding carboxylic acids is 1. The van der Waals surface area contributed by atoms with Crippen molar-refractivity contribution in [2.24, 2.45) is 11.8 Å². The molecule has 32 heavy (non-hydrogen) atoms. The van der Waals surface area contributed by atoms with Crippen LogP contribution in [0, 0.1) is 17.7 Å². The number of piperazine rings is 1. The Bertz CT molecular complexity index is 825. The van der Waals surface area contributed by atoms with Crippen molar-refractivity contribution in [3.8, 4) is 0 Å². The number of hydrogen-bond acceptors (Lipinski definition) is 7. The standard InChI is InChI=1S/C20H31ClFN7O3/c1-12-11-29(8-7-28(12)2)17-15(22)16(24-19(21)25-17)26-27-18(30)14(10-23-20(31)32)9-13-5-3-4-6-13/h12-14,23H,3-11H2,1-2H3,(H,27,30)(H,31,32)(H,24,25,26)/t12-,14-/m1/s1. The zero-order valence-electron chi connectivity index (χ0n) is 18.4. The lowest BCUT2D eigenvalue weighted by Gasteiger charge is -2.38. The molecule has 1 saturated heterocycles. The molecule has 1 aromatic rings. The smallest absolute Gasteiger partial charge is 0.404 e. The first-order valence-corrected chi connectivity index (χ1v) is 11.3. The highest BCUT2D eigenvalue weighted by atomic mass is 35.5. The van der Waals surface area contributed by atoms with E-state index in [2.05, 4.69) is 31.0 Å². The summed E-state index contributed by atoms with van der Waals surface area (Å²) in [4.78, 5) is 35.6. The molecule has 10 nitrogen and oxygen atoms in total. The quantitative estimate of drug-likeness (QED) is 0.336. The van der Waals surface area contributed by atoms with Crippen molar-refractivity contribution in [3.05, 3.63) is 11.1 Å². The molecule has 0 bridgehead atoms. The van der Waals surface area contributed by atoms with Crippen LogP contribution in [0.15, 0.2) is 0 Å². The van der Waals surface area contributed by atoms with Crippen LogP contribution < -0.4 is 21.1 Å². The van der Waals surface area contributed by atoms with Gasteiger partial charge in [0.15, 0.2) is 11.6 Å². The normalized spacial score (nSPS) is 20.8. The fourth-order valence-corrected chi connectivity index (χ4v) is 4.47. The number of rotatable bonds is 8. The Hall–Kier alpha value is -2.40. The van der Waals surface area contributed by atoms with Crippen molar-refractivity contribution in [1.29, 1.82) is 0 Å². The monoisotopic (exact) mass is 471 g/mol. The van der Waals surface area contributed by atoms with Crippen molar-refractivity contribution in [3.63, 3.8) is 0 Å². The summed E-state index contributed by atoms with van der Waals surface area (Å²) in [6, 6.07) is 0.214. The minimum Gasteiger partial charge on any atom is -0.465 e. The largest absolute Gasteiger partial charge is 0.465 e. The number of nitrogens with zero attached hydrogens (tertiary/aromatic N) is 4. The lowest BCUT2D eigenvalue weighted by Crippen LogP contribution is -2.50. The predicted molar refractivity (Wildman–Crippen MR) is 119 cm³/mol. The summed E-state index contributed by atoms with van der Waals surface area (Å²) < 4.78 is 15.2. The third-order valence-electron chi connectivity index (χ3n) is 6.33. The second kappa shape index (κ2) is 11.0. The number of nitrogens with one attached hydrogen (secondary N) is 3. The predicted octanol–water partition coefficient (Wildman–Crippen LogP) is 2.32. The Balaban J connectivity index is 1.67. The molecule has 2 aliphatic rings. The van der Waals surface area contributed by atoms with Crippen molar-refractivity contribution < 1.29 is 19.1 Å². The number of anilines is 2. The highest BCUT2D eigenvalue weighted by molar-refractivity contribution is 6.28. The Kier molecular flexibility index (Phi) is 8.30. The minimum absolute atomic E-state index is 0.0171. The molecule has 1 aliphatic carbocycles. The zero-order chi connectivity index (χ0) is 23.3. The van der Waals surface area contributed by atoms with Crippen LogP contribution in [-0.2, 0) is 4.79 Å². The molecule has 0 radical (unpaired) electrons. The Morgan fingerprint density at radius 2 is 2.00 bits per heavy atom. The molecule has 1 aromatic heterocycles. The number of hydrogen-bond donors (Lipinski definition) is 4. The molecule has 4 N–H and O–H groups in total. The van der Waals surface area contributed by atoms with Crippen LogP contribution in [0.2, 0.25) is 5.28 Å². The van der Waals surface area contributed by atoms with E-state index < -0.39 is 23.7 Å². The second-order valence-corrected chi connectivity index (χ2v) is 8.98. The van der Waals surface area contributed by atoms with Crippen LogP contribution in [0.3, 0.4) is 0 Å². The van der Waals surface area contributed by atoms with E-state index in [-0.39, 0.29) is 29.5 Å².